The number of benzene rings is 1. The van der Waals surface area contributed by atoms with E-state index in [0.29, 0.717) is 5.16 Å². The van der Waals surface area contributed by atoms with Gasteiger partial charge in [0.05, 0.1) is 11.4 Å². The Balaban J connectivity index is 1.99. The van der Waals surface area contributed by atoms with E-state index in [1.807, 2.05) is 57.2 Å². The van der Waals surface area contributed by atoms with Gasteiger partial charge in [-0.2, -0.15) is 0 Å². The summed E-state index contributed by atoms with van der Waals surface area (Å²) in [5.74, 6) is -0.312. The fraction of sp³-hybridized carbons (Fsp3) is 0.294. The first-order valence-electron chi connectivity index (χ1n) is 7.58. The molecule has 2 rings (SSSR count). The molecule has 0 aliphatic rings. The van der Waals surface area contributed by atoms with Gasteiger partial charge in [-0.1, -0.05) is 42.1 Å². The molecule has 1 aromatic carbocycles. The van der Waals surface area contributed by atoms with Crippen molar-refractivity contribution < 1.29 is 9.59 Å². The number of aryl methyl sites for hydroxylation is 1. The van der Waals surface area contributed by atoms with Gasteiger partial charge in [-0.15, -0.1) is 0 Å². The number of aromatic nitrogens is 2. The fourth-order valence-corrected chi connectivity index (χ4v) is 2.66. The SMILES string of the molecule is Cc1cc(-c2ccccc2)nc(SCC(=O)NC(=O)NC(C)C)n1. The van der Waals surface area contributed by atoms with Crippen molar-refractivity contribution in [3.05, 3.63) is 42.1 Å². The molecule has 0 saturated heterocycles. The van der Waals surface area contributed by atoms with Crippen LogP contribution in [0.15, 0.2) is 41.6 Å². The van der Waals surface area contributed by atoms with E-state index in [4.69, 9.17) is 0 Å². The molecule has 24 heavy (non-hydrogen) atoms. The normalized spacial score (nSPS) is 10.5. The third-order valence-corrected chi connectivity index (χ3v) is 3.76. The topological polar surface area (TPSA) is 84.0 Å². The lowest BCUT2D eigenvalue weighted by Crippen LogP contribution is -2.43. The Labute approximate surface area is 145 Å². The Bertz CT molecular complexity index is 720. The molecule has 7 heteroatoms. The van der Waals surface area contributed by atoms with Gasteiger partial charge in [0.25, 0.3) is 0 Å². The monoisotopic (exact) mass is 344 g/mol. The van der Waals surface area contributed by atoms with E-state index in [-0.39, 0.29) is 17.7 Å². The maximum absolute atomic E-state index is 11.8. The molecule has 0 radical (unpaired) electrons. The predicted octanol–water partition coefficient (Wildman–Crippen LogP) is 2.78. The highest BCUT2D eigenvalue weighted by atomic mass is 32.2. The van der Waals surface area contributed by atoms with E-state index in [0.717, 1.165) is 17.0 Å². The van der Waals surface area contributed by atoms with E-state index in [1.54, 1.807) is 0 Å². The fourth-order valence-electron chi connectivity index (χ4n) is 1.95. The van der Waals surface area contributed by atoms with Gasteiger partial charge in [-0.25, -0.2) is 14.8 Å². The third kappa shape index (κ3) is 5.66. The van der Waals surface area contributed by atoms with Crippen LogP contribution in [-0.4, -0.2) is 33.7 Å². The number of nitrogens with one attached hydrogen (secondary N) is 2. The maximum Gasteiger partial charge on any atom is 0.321 e. The smallest absolute Gasteiger partial charge is 0.321 e. The lowest BCUT2D eigenvalue weighted by atomic mass is 10.1. The van der Waals surface area contributed by atoms with Crippen LogP contribution in [0.3, 0.4) is 0 Å². The molecule has 126 valence electrons. The van der Waals surface area contributed by atoms with E-state index >= 15 is 0 Å². The standard InChI is InChI=1S/C17H20N4O2S/c1-11(2)18-16(23)21-15(22)10-24-17-19-12(3)9-14(20-17)13-7-5-4-6-8-13/h4-9,11H,10H2,1-3H3,(H2,18,21,22,23). The summed E-state index contributed by atoms with van der Waals surface area (Å²) < 4.78 is 0. The lowest BCUT2D eigenvalue weighted by Gasteiger charge is -2.09. The van der Waals surface area contributed by atoms with Crippen molar-refractivity contribution in [1.29, 1.82) is 0 Å². The summed E-state index contributed by atoms with van der Waals surface area (Å²) in [6, 6.07) is 11.2. The molecule has 1 heterocycles. The summed E-state index contributed by atoms with van der Waals surface area (Å²) in [4.78, 5) is 32.1. The minimum absolute atomic E-state index is 0.0287. The number of thioether (sulfide) groups is 1. The highest BCUT2D eigenvalue weighted by Gasteiger charge is 2.11. The van der Waals surface area contributed by atoms with Crippen LogP contribution in [0.4, 0.5) is 4.79 Å². The van der Waals surface area contributed by atoms with E-state index in [1.165, 1.54) is 11.8 Å². The quantitative estimate of drug-likeness (QED) is 0.644. The molecule has 0 aliphatic carbocycles. The molecule has 2 aromatic rings. The molecule has 0 unspecified atom stereocenters. The van der Waals surface area contributed by atoms with Gasteiger partial charge < -0.3 is 5.32 Å². The van der Waals surface area contributed by atoms with Gasteiger partial charge in [0, 0.05) is 17.3 Å². The number of hydrogen-bond acceptors (Lipinski definition) is 5. The van der Waals surface area contributed by atoms with Gasteiger partial charge >= 0.3 is 6.03 Å². The lowest BCUT2D eigenvalue weighted by molar-refractivity contribution is -0.117. The van der Waals surface area contributed by atoms with E-state index in [2.05, 4.69) is 20.6 Å². The van der Waals surface area contributed by atoms with Crippen LogP contribution in [0.5, 0.6) is 0 Å². The van der Waals surface area contributed by atoms with Crippen molar-refractivity contribution in [2.45, 2.75) is 32.0 Å². The zero-order valence-electron chi connectivity index (χ0n) is 13.9. The summed E-state index contributed by atoms with van der Waals surface area (Å²) >= 11 is 1.20. The molecule has 2 N–H and O–H groups in total. The second-order valence-electron chi connectivity index (χ2n) is 5.51. The predicted molar refractivity (Wildman–Crippen MR) is 94.7 cm³/mol. The van der Waals surface area contributed by atoms with Gasteiger partial charge in [-0.05, 0) is 26.8 Å². The van der Waals surface area contributed by atoms with Gasteiger partial charge in [0.1, 0.15) is 0 Å². The minimum Gasteiger partial charge on any atom is -0.336 e. The molecule has 0 spiro atoms. The number of carbonyl (C=O) groups is 2. The molecular weight excluding hydrogens is 324 g/mol. The van der Waals surface area contributed by atoms with Gasteiger partial charge in [0.2, 0.25) is 5.91 Å². The Morgan fingerprint density at radius 2 is 1.88 bits per heavy atom. The summed E-state index contributed by atoms with van der Waals surface area (Å²) in [5.41, 5.74) is 2.62. The highest BCUT2D eigenvalue weighted by Crippen LogP contribution is 2.21. The first kappa shape index (κ1) is 17.9. The first-order valence-corrected chi connectivity index (χ1v) is 8.57. The zero-order valence-corrected chi connectivity index (χ0v) is 14.7. The second-order valence-corrected chi connectivity index (χ2v) is 6.45. The molecule has 0 saturated carbocycles. The number of nitrogens with zero attached hydrogens (tertiary/aromatic N) is 2. The molecule has 1 aromatic heterocycles. The van der Waals surface area contributed by atoms with Gasteiger partial charge in [-0.3, -0.25) is 10.1 Å². The summed E-state index contributed by atoms with van der Waals surface area (Å²) in [6.07, 6.45) is 0. The average molecular weight is 344 g/mol. The van der Waals surface area contributed by atoms with Crippen molar-refractivity contribution in [2.24, 2.45) is 0 Å². The highest BCUT2D eigenvalue weighted by molar-refractivity contribution is 7.99. The summed E-state index contributed by atoms with van der Waals surface area (Å²) in [6.45, 7) is 5.53. The number of carbonyl (C=O) groups excluding carboxylic acids is 2. The van der Waals surface area contributed by atoms with Gasteiger partial charge in [0.15, 0.2) is 5.16 Å². The molecule has 0 aliphatic heterocycles. The van der Waals surface area contributed by atoms with Crippen molar-refractivity contribution in [3.63, 3.8) is 0 Å². The molecule has 6 nitrogen and oxygen atoms in total. The number of imide groups is 1. The molecule has 0 fully saturated rings. The Morgan fingerprint density at radius 1 is 1.17 bits per heavy atom. The van der Waals surface area contributed by atoms with Crippen LogP contribution < -0.4 is 10.6 Å². The van der Waals surface area contributed by atoms with Crippen LogP contribution in [0.25, 0.3) is 11.3 Å². The number of amides is 3. The maximum atomic E-state index is 11.8. The van der Waals surface area contributed by atoms with Crippen molar-refractivity contribution in [1.82, 2.24) is 20.6 Å². The van der Waals surface area contributed by atoms with E-state index in [9.17, 15) is 9.59 Å². The van der Waals surface area contributed by atoms with Crippen LogP contribution in [0.2, 0.25) is 0 Å². The molecule has 3 amide bonds. The van der Waals surface area contributed by atoms with Crippen LogP contribution in [0, 0.1) is 6.92 Å². The molecule has 0 bridgehead atoms. The Kier molecular flexibility index (Phi) is 6.31. The molecule has 0 atom stereocenters. The summed E-state index contributed by atoms with van der Waals surface area (Å²) in [5, 5.41) is 5.38. The number of hydrogen-bond donors (Lipinski definition) is 2. The third-order valence-electron chi connectivity index (χ3n) is 2.91. The number of rotatable bonds is 5. The summed E-state index contributed by atoms with van der Waals surface area (Å²) in [7, 11) is 0. The van der Waals surface area contributed by atoms with E-state index < -0.39 is 6.03 Å². The zero-order chi connectivity index (χ0) is 17.5. The largest absolute Gasteiger partial charge is 0.336 e. The Morgan fingerprint density at radius 3 is 2.54 bits per heavy atom. The minimum atomic E-state index is -0.495. The second kappa shape index (κ2) is 8.44. The van der Waals surface area contributed by atoms with Crippen molar-refractivity contribution in [3.8, 4) is 11.3 Å². The Hall–Kier alpha value is -2.41. The first-order chi connectivity index (χ1) is 11.4. The number of urea groups is 1. The molecular formula is C17H20N4O2S. The van der Waals surface area contributed by atoms with Crippen LogP contribution >= 0.6 is 11.8 Å². The van der Waals surface area contributed by atoms with Crippen LogP contribution in [-0.2, 0) is 4.79 Å². The van der Waals surface area contributed by atoms with Crippen LogP contribution in [0.1, 0.15) is 19.5 Å². The average Bonchev–Trinajstić information content (AvgIpc) is 2.52. The van der Waals surface area contributed by atoms with Crippen molar-refractivity contribution in [2.75, 3.05) is 5.75 Å². The van der Waals surface area contributed by atoms with Crippen molar-refractivity contribution >= 4 is 23.7 Å².